The van der Waals surface area contributed by atoms with E-state index in [1.165, 1.54) is 0 Å². The van der Waals surface area contributed by atoms with Crippen molar-refractivity contribution in [3.63, 3.8) is 0 Å². The van der Waals surface area contributed by atoms with Crippen molar-refractivity contribution in [3.8, 4) is 0 Å². The average Bonchev–Trinajstić information content (AvgIpc) is 2.45. The molecule has 16 heavy (non-hydrogen) atoms. The van der Waals surface area contributed by atoms with E-state index in [0.717, 1.165) is 11.1 Å². The van der Waals surface area contributed by atoms with E-state index in [2.05, 4.69) is 5.43 Å². The fraction of sp³-hybridized carbons (Fsp3) is 0.600. The first-order chi connectivity index (χ1) is 7.52. The van der Waals surface area contributed by atoms with Crippen LogP contribution in [-0.4, -0.2) is 23.4 Å². The molecule has 0 aromatic carbocycles. The lowest BCUT2D eigenvalue weighted by Gasteiger charge is -2.16. The second-order valence-electron chi connectivity index (χ2n) is 3.71. The van der Waals surface area contributed by atoms with Gasteiger partial charge in [0.15, 0.2) is 0 Å². The molecule has 1 fully saturated rings. The zero-order valence-electron chi connectivity index (χ0n) is 9.00. The largest absolute Gasteiger partial charge is 0.273 e. The van der Waals surface area contributed by atoms with Crippen LogP contribution in [0.2, 0.25) is 0 Å². The van der Waals surface area contributed by atoms with E-state index in [1.807, 2.05) is 6.92 Å². The highest BCUT2D eigenvalue weighted by Gasteiger charge is 2.29. The van der Waals surface area contributed by atoms with E-state index in [9.17, 15) is 18.4 Å². The Morgan fingerprint density at radius 3 is 2.88 bits per heavy atom. The van der Waals surface area contributed by atoms with Crippen LogP contribution in [0.15, 0.2) is 12.2 Å². The van der Waals surface area contributed by atoms with Gasteiger partial charge < -0.3 is 0 Å². The van der Waals surface area contributed by atoms with Crippen molar-refractivity contribution in [1.29, 1.82) is 0 Å². The maximum Gasteiger partial charge on any atom is 0.266 e. The van der Waals surface area contributed by atoms with Gasteiger partial charge in [0.2, 0.25) is 11.8 Å². The zero-order chi connectivity index (χ0) is 12.1. The number of carbonyl (C=O) groups excluding carboxylic acids is 2. The minimum atomic E-state index is -1.79. The summed E-state index contributed by atoms with van der Waals surface area (Å²) in [5, 5.41) is 1.11. The summed E-state index contributed by atoms with van der Waals surface area (Å²) in [4.78, 5) is 22.5. The van der Waals surface area contributed by atoms with Crippen molar-refractivity contribution >= 4 is 11.8 Å². The molecular formula is C10H14F2N2O2. The van der Waals surface area contributed by atoms with Crippen LogP contribution in [0.1, 0.15) is 26.2 Å². The molecule has 1 atom stereocenters. The molecule has 1 N–H and O–H groups in total. The summed E-state index contributed by atoms with van der Waals surface area (Å²) in [6, 6.07) is 0. The molecule has 1 heterocycles. The first-order valence-corrected chi connectivity index (χ1v) is 5.15. The van der Waals surface area contributed by atoms with E-state index in [4.69, 9.17) is 0 Å². The third-order valence-corrected chi connectivity index (χ3v) is 2.25. The summed E-state index contributed by atoms with van der Waals surface area (Å²) >= 11 is 0. The SMILES string of the molecule is CCCC(=O)NN1C[C@H](C=C(F)F)CC1=O. The Hall–Kier alpha value is -1.46. The summed E-state index contributed by atoms with van der Waals surface area (Å²) in [5.74, 6) is -1.10. The minimum Gasteiger partial charge on any atom is -0.273 e. The Balaban J connectivity index is 2.48. The fourth-order valence-electron chi connectivity index (χ4n) is 1.57. The number of nitrogens with one attached hydrogen (secondary N) is 1. The Bertz CT molecular complexity index is 314. The molecule has 90 valence electrons. The number of carbonyl (C=O) groups is 2. The number of rotatable bonds is 4. The standard InChI is InChI=1S/C10H14F2N2O2/c1-2-3-9(15)13-14-6-7(4-8(11)12)5-10(14)16/h4,7H,2-3,5-6H2,1H3,(H,13,15)/t7-/m1/s1. The van der Waals surface area contributed by atoms with E-state index in [1.54, 1.807) is 0 Å². The highest BCUT2D eigenvalue weighted by Crippen LogP contribution is 2.19. The van der Waals surface area contributed by atoms with Crippen molar-refractivity contribution in [3.05, 3.63) is 12.2 Å². The first kappa shape index (κ1) is 12.6. The van der Waals surface area contributed by atoms with Gasteiger partial charge >= 0.3 is 0 Å². The molecule has 1 saturated heterocycles. The quantitative estimate of drug-likeness (QED) is 0.797. The molecule has 0 spiro atoms. The predicted molar refractivity (Wildman–Crippen MR) is 53.2 cm³/mol. The fourth-order valence-corrected chi connectivity index (χ4v) is 1.57. The summed E-state index contributed by atoms with van der Waals surface area (Å²) in [7, 11) is 0. The molecule has 2 amide bonds. The van der Waals surface area contributed by atoms with E-state index >= 15 is 0 Å². The number of hydrogen-bond donors (Lipinski definition) is 1. The number of hydrogen-bond acceptors (Lipinski definition) is 2. The molecule has 0 radical (unpaired) electrons. The van der Waals surface area contributed by atoms with Gasteiger partial charge in [0.1, 0.15) is 0 Å². The van der Waals surface area contributed by atoms with Gasteiger partial charge in [-0.25, -0.2) is 0 Å². The van der Waals surface area contributed by atoms with Crippen LogP contribution >= 0.6 is 0 Å². The van der Waals surface area contributed by atoms with Crippen LogP contribution in [0.25, 0.3) is 0 Å². The normalized spacial score (nSPS) is 19.8. The van der Waals surface area contributed by atoms with Crippen LogP contribution < -0.4 is 5.43 Å². The molecule has 1 aliphatic heterocycles. The molecule has 0 bridgehead atoms. The molecule has 0 unspecified atom stereocenters. The highest BCUT2D eigenvalue weighted by molar-refractivity contribution is 5.83. The monoisotopic (exact) mass is 232 g/mol. The summed E-state index contributed by atoms with van der Waals surface area (Å²) in [6.45, 7) is 1.96. The molecule has 0 saturated carbocycles. The summed E-state index contributed by atoms with van der Waals surface area (Å²) in [5.41, 5.74) is 2.40. The Morgan fingerprint density at radius 1 is 1.62 bits per heavy atom. The average molecular weight is 232 g/mol. The maximum absolute atomic E-state index is 12.0. The van der Waals surface area contributed by atoms with Crippen molar-refractivity contribution in [2.75, 3.05) is 6.54 Å². The second kappa shape index (κ2) is 5.58. The van der Waals surface area contributed by atoms with Crippen LogP contribution in [0, 0.1) is 5.92 Å². The molecule has 0 aromatic heterocycles. The van der Waals surface area contributed by atoms with E-state index in [-0.39, 0.29) is 24.8 Å². The van der Waals surface area contributed by atoms with E-state index < -0.39 is 12.0 Å². The van der Waals surface area contributed by atoms with Gasteiger partial charge in [-0.15, -0.1) is 0 Å². The third-order valence-electron chi connectivity index (χ3n) is 2.25. The smallest absolute Gasteiger partial charge is 0.266 e. The predicted octanol–water partition coefficient (Wildman–Crippen LogP) is 1.45. The van der Waals surface area contributed by atoms with Crippen molar-refractivity contribution in [2.24, 2.45) is 5.92 Å². The lowest BCUT2D eigenvalue weighted by molar-refractivity contribution is -0.138. The Kier molecular flexibility index (Phi) is 4.39. The van der Waals surface area contributed by atoms with Gasteiger partial charge in [-0.1, -0.05) is 6.92 Å². The van der Waals surface area contributed by atoms with Gasteiger partial charge in [-0.05, 0) is 12.5 Å². The maximum atomic E-state index is 12.0. The summed E-state index contributed by atoms with van der Waals surface area (Å²) < 4.78 is 23.9. The molecule has 1 rings (SSSR count). The lowest BCUT2D eigenvalue weighted by Crippen LogP contribution is -2.43. The van der Waals surface area contributed by atoms with Crippen molar-refractivity contribution in [2.45, 2.75) is 26.2 Å². The number of nitrogens with zero attached hydrogens (tertiary/aromatic N) is 1. The molecule has 4 nitrogen and oxygen atoms in total. The molecule has 6 heteroatoms. The Labute approximate surface area is 92.3 Å². The van der Waals surface area contributed by atoms with E-state index in [0.29, 0.717) is 12.8 Å². The molecule has 0 aromatic rings. The van der Waals surface area contributed by atoms with Gasteiger partial charge in [-0.2, -0.15) is 8.78 Å². The molecular weight excluding hydrogens is 218 g/mol. The topological polar surface area (TPSA) is 49.4 Å². The van der Waals surface area contributed by atoms with Gasteiger partial charge in [-0.3, -0.25) is 20.0 Å². The number of amides is 2. The Morgan fingerprint density at radius 2 is 2.31 bits per heavy atom. The number of halogens is 2. The van der Waals surface area contributed by atoms with Gasteiger partial charge in [0.25, 0.3) is 6.08 Å². The zero-order valence-corrected chi connectivity index (χ0v) is 9.00. The van der Waals surface area contributed by atoms with Gasteiger partial charge in [0.05, 0.1) is 0 Å². The molecule has 1 aliphatic rings. The summed E-state index contributed by atoms with van der Waals surface area (Å²) in [6.07, 6.45) is -0.0226. The first-order valence-electron chi connectivity index (χ1n) is 5.15. The van der Waals surface area contributed by atoms with Crippen molar-refractivity contribution in [1.82, 2.24) is 10.4 Å². The van der Waals surface area contributed by atoms with Crippen LogP contribution in [0.4, 0.5) is 8.78 Å². The molecule has 0 aliphatic carbocycles. The second-order valence-corrected chi connectivity index (χ2v) is 3.71. The lowest BCUT2D eigenvalue weighted by atomic mass is 10.1. The minimum absolute atomic E-state index is 0.0176. The number of hydrazine groups is 1. The van der Waals surface area contributed by atoms with Crippen molar-refractivity contribution < 1.29 is 18.4 Å². The van der Waals surface area contributed by atoms with Gasteiger partial charge in [0, 0.05) is 25.3 Å². The van der Waals surface area contributed by atoms with Crippen LogP contribution in [0.3, 0.4) is 0 Å². The third kappa shape index (κ3) is 3.60. The highest BCUT2D eigenvalue weighted by atomic mass is 19.3. The van der Waals surface area contributed by atoms with Crippen LogP contribution in [-0.2, 0) is 9.59 Å². The van der Waals surface area contributed by atoms with Crippen LogP contribution in [0.5, 0.6) is 0 Å².